The number of rotatable bonds is 4. The molecule has 0 N–H and O–H groups in total. The normalized spacial score (nSPS) is 20.2. The van der Waals surface area contributed by atoms with Crippen molar-refractivity contribution < 1.29 is 9.53 Å². The Balaban J connectivity index is 1.33. The molecule has 0 radical (unpaired) electrons. The molecule has 0 spiro atoms. The highest BCUT2D eigenvalue weighted by Gasteiger charge is 2.26. The van der Waals surface area contributed by atoms with E-state index < -0.39 is 0 Å². The predicted molar refractivity (Wildman–Crippen MR) is 104 cm³/mol. The van der Waals surface area contributed by atoms with Crippen LogP contribution in [-0.2, 0) is 16.0 Å². The highest BCUT2D eigenvalue weighted by molar-refractivity contribution is 6.30. The summed E-state index contributed by atoms with van der Waals surface area (Å²) >= 11 is 5.97. The standard InChI is InChI=1S/C21H23ClN2O2/c22-18-7-5-17(6-8-18)20-15-23(13-14-26-20)11-10-21(25)24-12-9-16-3-1-2-4-19(16)24/h1-8,20H,9-15H2/t20-/m1/s1. The lowest BCUT2D eigenvalue weighted by Crippen LogP contribution is -2.41. The molecule has 2 aromatic carbocycles. The van der Waals surface area contributed by atoms with Crippen LogP contribution in [-0.4, -0.2) is 43.6 Å². The van der Waals surface area contributed by atoms with E-state index in [1.165, 1.54) is 5.56 Å². The molecule has 0 unspecified atom stereocenters. The van der Waals surface area contributed by atoms with Crippen molar-refractivity contribution in [3.05, 3.63) is 64.7 Å². The minimum Gasteiger partial charge on any atom is -0.371 e. The second kappa shape index (κ2) is 7.78. The van der Waals surface area contributed by atoms with E-state index >= 15 is 0 Å². The fourth-order valence-corrected chi connectivity index (χ4v) is 3.90. The van der Waals surface area contributed by atoms with Gasteiger partial charge < -0.3 is 9.64 Å². The number of fused-ring (bicyclic) bond motifs is 1. The summed E-state index contributed by atoms with van der Waals surface area (Å²) in [6.45, 7) is 3.94. The Morgan fingerprint density at radius 1 is 1.12 bits per heavy atom. The third-order valence-corrected chi connectivity index (χ3v) is 5.47. The third-order valence-electron chi connectivity index (χ3n) is 5.22. The van der Waals surface area contributed by atoms with Crippen molar-refractivity contribution in [3.8, 4) is 0 Å². The van der Waals surface area contributed by atoms with Crippen molar-refractivity contribution >= 4 is 23.2 Å². The Morgan fingerprint density at radius 2 is 1.92 bits per heavy atom. The molecule has 2 heterocycles. The number of ether oxygens (including phenoxy) is 1. The minimum atomic E-state index is 0.0450. The van der Waals surface area contributed by atoms with Gasteiger partial charge in [0.25, 0.3) is 0 Å². The average Bonchev–Trinajstić information content (AvgIpc) is 3.11. The first-order valence-corrected chi connectivity index (χ1v) is 9.56. The summed E-state index contributed by atoms with van der Waals surface area (Å²) in [5.41, 5.74) is 3.49. The van der Waals surface area contributed by atoms with Gasteiger partial charge in [-0.1, -0.05) is 41.9 Å². The fourth-order valence-electron chi connectivity index (χ4n) is 3.77. The number of carbonyl (C=O) groups is 1. The minimum absolute atomic E-state index is 0.0450. The van der Waals surface area contributed by atoms with Crippen molar-refractivity contribution in [1.29, 1.82) is 0 Å². The van der Waals surface area contributed by atoms with Gasteiger partial charge >= 0.3 is 0 Å². The Bertz CT molecular complexity index is 778. The number of halogens is 1. The molecule has 0 saturated carbocycles. The zero-order valence-corrected chi connectivity index (χ0v) is 15.5. The number of carbonyl (C=O) groups excluding carboxylic acids is 1. The maximum absolute atomic E-state index is 12.7. The van der Waals surface area contributed by atoms with E-state index in [0.717, 1.165) is 48.9 Å². The molecule has 1 saturated heterocycles. The molecular weight excluding hydrogens is 348 g/mol. The number of hydrogen-bond acceptors (Lipinski definition) is 3. The summed E-state index contributed by atoms with van der Waals surface area (Å²) in [6.07, 6.45) is 1.54. The van der Waals surface area contributed by atoms with Crippen LogP contribution in [0.3, 0.4) is 0 Å². The van der Waals surface area contributed by atoms with Crippen LogP contribution in [0.25, 0.3) is 0 Å². The first kappa shape index (κ1) is 17.5. The Morgan fingerprint density at radius 3 is 2.77 bits per heavy atom. The van der Waals surface area contributed by atoms with Gasteiger partial charge in [-0.2, -0.15) is 0 Å². The molecule has 0 bridgehead atoms. The molecule has 5 heteroatoms. The number of hydrogen-bond donors (Lipinski definition) is 0. The number of benzene rings is 2. The first-order valence-electron chi connectivity index (χ1n) is 9.18. The van der Waals surface area contributed by atoms with Crippen LogP contribution < -0.4 is 4.90 Å². The van der Waals surface area contributed by atoms with Crippen LogP contribution in [0, 0.1) is 0 Å². The van der Waals surface area contributed by atoms with Gasteiger partial charge in [-0.3, -0.25) is 9.69 Å². The van der Waals surface area contributed by atoms with Crippen LogP contribution in [0.4, 0.5) is 5.69 Å². The summed E-state index contributed by atoms with van der Waals surface area (Å²) in [6, 6.07) is 16.0. The van der Waals surface area contributed by atoms with Crippen molar-refractivity contribution in [2.75, 3.05) is 37.7 Å². The molecule has 2 aliphatic rings. The first-order chi connectivity index (χ1) is 12.7. The van der Waals surface area contributed by atoms with Gasteiger partial charge in [0.2, 0.25) is 5.91 Å². The number of anilines is 1. The van der Waals surface area contributed by atoms with Crippen molar-refractivity contribution in [2.45, 2.75) is 18.9 Å². The number of para-hydroxylation sites is 1. The Hall–Kier alpha value is -1.88. The molecule has 2 aliphatic heterocycles. The zero-order chi connectivity index (χ0) is 17.9. The van der Waals surface area contributed by atoms with E-state index in [1.54, 1.807) is 0 Å². The lowest BCUT2D eigenvalue weighted by atomic mass is 10.1. The molecule has 26 heavy (non-hydrogen) atoms. The molecule has 1 amide bonds. The van der Waals surface area contributed by atoms with E-state index in [4.69, 9.17) is 16.3 Å². The van der Waals surface area contributed by atoms with Crippen molar-refractivity contribution in [2.24, 2.45) is 0 Å². The molecule has 4 rings (SSSR count). The highest BCUT2D eigenvalue weighted by atomic mass is 35.5. The summed E-state index contributed by atoms with van der Waals surface area (Å²) in [5, 5.41) is 0.734. The lowest BCUT2D eigenvalue weighted by Gasteiger charge is -2.33. The summed E-state index contributed by atoms with van der Waals surface area (Å²) in [7, 11) is 0. The molecule has 4 nitrogen and oxygen atoms in total. The fraction of sp³-hybridized carbons (Fsp3) is 0.381. The van der Waals surface area contributed by atoms with Gasteiger partial charge in [0, 0.05) is 43.3 Å². The van der Waals surface area contributed by atoms with Crippen molar-refractivity contribution in [3.63, 3.8) is 0 Å². The molecular formula is C21H23ClN2O2. The maximum Gasteiger partial charge on any atom is 0.228 e. The van der Waals surface area contributed by atoms with Gasteiger partial charge in [0.15, 0.2) is 0 Å². The van der Waals surface area contributed by atoms with Crippen LogP contribution in [0.1, 0.15) is 23.7 Å². The predicted octanol–water partition coefficient (Wildman–Crippen LogP) is 3.69. The highest BCUT2D eigenvalue weighted by Crippen LogP contribution is 2.28. The molecule has 1 atom stereocenters. The largest absolute Gasteiger partial charge is 0.371 e. The SMILES string of the molecule is O=C(CCN1CCO[C@@H](c2ccc(Cl)cc2)C1)N1CCc2ccccc21. The molecule has 136 valence electrons. The summed E-state index contributed by atoms with van der Waals surface area (Å²) < 4.78 is 5.91. The number of nitrogens with zero attached hydrogens (tertiary/aromatic N) is 2. The van der Waals surface area contributed by atoms with Gasteiger partial charge in [0.05, 0.1) is 12.7 Å². The van der Waals surface area contributed by atoms with E-state index in [-0.39, 0.29) is 12.0 Å². The topological polar surface area (TPSA) is 32.8 Å². The Labute approximate surface area is 159 Å². The van der Waals surface area contributed by atoms with Gasteiger partial charge in [-0.15, -0.1) is 0 Å². The van der Waals surface area contributed by atoms with Crippen molar-refractivity contribution in [1.82, 2.24) is 4.90 Å². The van der Waals surface area contributed by atoms with E-state index in [9.17, 15) is 4.79 Å². The number of morpholine rings is 1. The second-order valence-corrected chi connectivity index (χ2v) is 7.32. The molecule has 0 aliphatic carbocycles. The van der Waals surface area contributed by atoms with Gasteiger partial charge in [-0.05, 0) is 35.7 Å². The third kappa shape index (κ3) is 3.78. The molecule has 2 aromatic rings. The zero-order valence-electron chi connectivity index (χ0n) is 14.7. The van der Waals surface area contributed by atoms with E-state index in [2.05, 4.69) is 11.0 Å². The summed E-state index contributed by atoms with van der Waals surface area (Å²) in [4.78, 5) is 17.0. The molecule has 1 fully saturated rings. The second-order valence-electron chi connectivity index (χ2n) is 6.89. The van der Waals surface area contributed by atoms with E-state index in [0.29, 0.717) is 13.0 Å². The van der Waals surface area contributed by atoms with Crippen LogP contribution >= 0.6 is 11.6 Å². The van der Waals surface area contributed by atoms with Gasteiger partial charge in [0.1, 0.15) is 0 Å². The average molecular weight is 371 g/mol. The number of amides is 1. The molecule has 0 aromatic heterocycles. The van der Waals surface area contributed by atoms with Crippen LogP contribution in [0.15, 0.2) is 48.5 Å². The summed E-state index contributed by atoms with van der Waals surface area (Å²) in [5.74, 6) is 0.212. The van der Waals surface area contributed by atoms with Crippen LogP contribution in [0.5, 0.6) is 0 Å². The quantitative estimate of drug-likeness (QED) is 0.822. The monoisotopic (exact) mass is 370 g/mol. The van der Waals surface area contributed by atoms with E-state index in [1.807, 2.05) is 47.4 Å². The van der Waals surface area contributed by atoms with Gasteiger partial charge in [-0.25, -0.2) is 0 Å². The Kier molecular flexibility index (Phi) is 5.25. The lowest BCUT2D eigenvalue weighted by molar-refractivity contribution is -0.119. The maximum atomic E-state index is 12.7. The van der Waals surface area contributed by atoms with Crippen LogP contribution in [0.2, 0.25) is 5.02 Å². The smallest absolute Gasteiger partial charge is 0.228 e.